The second-order valence-corrected chi connectivity index (χ2v) is 3.73. The van der Waals surface area contributed by atoms with Crippen LogP contribution in [0.1, 0.15) is 24.9 Å². The zero-order chi connectivity index (χ0) is 11.4. The van der Waals surface area contributed by atoms with E-state index in [9.17, 15) is 0 Å². The fourth-order valence-electron chi connectivity index (χ4n) is 1.58. The van der Waals surface area contributed by atoms with Crippen molar-refractivity contribution < 1.29 is 0 Å². The summed E-state index contributed by atoms with van der Waals surface area (Å²) in [5, 5.41) is 0. The second-order valence-electron chi connectivity index (χ2n) is 3.73. The summed E-state index contributed by atoms with van der Waals surface area (Å²) in [4.78, 5) is 8.30. The summed E-state index contributed by atoms with van der Waals surface area (Å²) in [6.07, 6.45) is 6.07. The Hall–Kier alpha value is -1.74. The summed E-state index contributed by atoms with van der Waals surface area (Å²) in [6.45, 7) is 2.08. The summed E-state index contributed by atoms with van der Waals surface area (Å²) >= 11 is 0. The van der Waals surface area contributed by atoms with Gasteiger partial charge in [-0.3, -0.25) is 9.97 Å². The maximum Gasteiger partial charge on any atom is 0.0885 e. The minimum atomic E-state index is 0.121. The first-order chi connectivity index (χ1) is 7.81. The number of benzene rings is 1. The van der Waals surface area contributed by atoms with Gasteiger partial charge in [0.2, 0.25) is 0 Å². The van der Waals surface area contributed by atoms with Crippen LogP contribution in [0.5, 0.6) is 0 Å². The molecule has 1 unspecified atom stereocenters. The van der Waals surface area contributed by atoms with Gasteiger partial charge in [0, 0.05) is 24.0 Å². The fourth-order valence-corrected chi connectivity index (χ4v) is 1.58. The van der Waals surface area contributed by atoms with Crippen LogP contribution in [0, 0.1) is 0 Å². The molecule has 0 saturated heterocycles. The topological polar surface area (TPSA) is 51.8 Å². The van der Waals surface area contributed by atoms with E-state index in [0.29, 0.717) is 0 Å². The van der Waals surface area contributed by atoms with E-state index in [1.165, 1.54) is 0 Å². The lowest BCUT2D eigenvalue weighted by molar-refractivity contribution is 0.699. The van der Waals surface area contributed by atoms with Crippen LogP contribution in [0.4, 0.5) is 0 Å². The molecule has 0 bridgehead atoms. The number of nitrogens with zero attached hydrogens (tertiary/aromatic N) is 2. The number of hydrogen-bond acceptors (Lipinski definition) is 3. The third kappa shape index (κ3) is 2.25. The molecule has 2 rings (SSSR count). The molecule has 1 aromatic carbocycles. The van der Waals surface area contributed by atoms with E-state index >= 15 is 0 Å². The Morgan fingerprint density at radius 2 is 1.94 bits per heavy atom. The monoisotopic (exact) mass is 213 g/mol. The molecule has 3 nitrogen and oxygen atoms in total. The Balaban J connectivity index is 2.26. The van der Waals surface area contributed by atoms with E-state index in [0.717, 1.165) is 23.2 Å². The Morgan fingerprint density at radius 3 is 2.50 bits per heavy atom. The Morgan fingerprint density at radius 1 is 1.19 bits per heavy atom. The van der Waals surface area contributed by atoms with Gasteiger partial charge in [0.05, 0.1) is 11.9 Å². The predicted octanol–water partition coefficient (Wildman–Crippen LogP) is 2.55. The molecular weight excluding hydrogens is 198 g/mol. The number of nitrogens with two attached hydrogens (primary N) is 1. The molecule has 0 aliphatic heterocycles. The Kier molecular flexibility index (Phi) is 3.27. The maximum atomic E-state index is 5.96. The zero-order valence-corrected chi connectivity index (χ0v) is 9.30. The van der Waals surface area contributed by atoms with Crippen molar-refractivity contribution in [1.29, 1.82) is 0 Å². The molecule has 2 aromatic rings. The normalized spacial score (nSPS) is 12.4. The molecule has 0 aliphatic rings. The summed E-state index contributed by atoms with van der Waals surface area (Å²) in [7, 11) is 0. The lowest BCUT2D eigenvalue weighted by Crippen LogP contribution is -2.08. The average molecular weight is 213 g/mol. The highest BCUT2D eigenvalue weighted by atomic mass is 14.8. The molecule has 0 saturated carbocycles. The highest BCUT2D eigenvalue weighted by Gasteiger charge is 2.03. The summed E-state index contributed by atoms with van der Waals surface area (Å²) in [5.41, 5.74) is 9.07. The van der Waals surface area contributed by atoms with Gasteiger partial charge in [-0.15, -0.1) is 0 Å². The van der Waals surface area contributed by atoms with Crippen LogP contribution in [0.3, 0.4) is 0 Å². The second kappa shape index (κ2) is 4.86. The molecule has 0 spiro atoms. The first-order valence-electron chi connectivity index (χ1n) is 5.43. The standard InChI is InChI=1S/C13H15N3/c1-2-12(14)10-3-5-11(6-4-10)13-9-15-7-8-16-13/h3-9,12H,2,14H2,1H3. The predicted molar refractivity (Wildman–Crippen MR) is 64.7 cm³/mol. The Bertz CT molecular complexity index is 436. The van der Waals surface area contributed by atoms with E-state index in [1.807, 2.05) is 12.1 Å². The summed E-state index contributed by atoms with van der Waals surface area (Å²) in [5.74, 6) is 0. The third-order valence-electron chi connectivity index (χ3n) is 2.64. The maximum absolute atomic E-state index is 5.96. The van der Waals surface area contributed by atoms with Crippen molar-refractivity contribution in [1.82, 2.24) is 9.97 Å². The molecular formula is C13H15N3. The minimum Gasteiger partial charge on any atom is -0.324 e. The number of rotatable bonds is 3. The van der Waals surface area contributed by atoms with Crippen LogP contribution in [-0.4, -0.2) is 9.97 Å². The van der Waals surface area contributed by atoms with Crippen molar-refractivity contribution in [2.75, 3.05) is 0 Å². The average Bonchev–Trinajstić information content (AvgIpc) is 2.39. The molecule has 1 atom stereocenters. The van der Waals surface area contributed by atoms with E-state index in [4.69, 9.17) is 5.73 Å². The van der Waals surface area contributed by atoms with Crippen LogP contribution >= 0.6 is 0 Å². The van der Waals surface area contributed by atoms with Gasteiger partial charge in [-0.05, 0) is 12.0 Å². The van der Waals surface area contributed by atoms with Crippen molar-refractivity contribution in [2.24, 2.45) is 5.73 Å². The first kappa shape index (κ1) is 10.8. The van der Waals surface area contributed by atoms with Crippen molar-refractivity contribution >= 4 is 0 Å². The molecule has 3 heteroatoms. The first-order valence-corrected chi connectivity index (χ1v) is 5.43. The van der Waals surface area contributed by atoms with E-state index < -0.39 is 0 Å². The molecule has 82 valence electrons. The SMILES string of the molecule is CCC(N)c1ccc(-c2cnccn2)cc1. The van der Waals surface area contributed by atoms with Crippen LogP contribution in [0.25, 0.3) is 11.3 Å². The quantitative estimate of drug-likeness (QED) is 0.852. The van der Waals surface area contributed by atoms with Crippen LogP contribution in [0.15, 0.2) is 42.9 Å². The lowest BCUT2D eigenvalue weighted by Gasteiger charge is -2.09. The Labute approximate surface area is 95.4 Å². The van der Waals surface area contributed by atoms with Crippen molar-refractivity contribution in [3.63, 3.8) is 0 Å². The minimum absolute atomic E-state index is 0.121. The van der Waals surface area contributed by atoms with Gasteiger partial charge in [0.15, 0.2) is 0 Å². The largest absolute Gasteiger partial charge is 0.324 e. The van der Waals surface area contributed by atoms with Crippen molar-refractivity contribution in [2.45, 2.75) is 19.4 Å². The lowest BCUT2D eigenvalue weighted by atomic mass is 10.0. The highest BCUT2D eigenvalue weighted by Crippen LogP contribution is 2.19. The van der Waals surface area contributed by atoms with Gasteiger partial charge in [0.25, 0.3) is 0 Å². The van der Waals surface area contributed by atoms with Gasteiger partial charge in [0.1, 0.15) is 0 Å². The van der Waals surface area contributed by atoms with E-state index in [1.54, 1.807) is 18.6 Å². The molecule has 0 aliphatic carbocycles. The molecule has 0 fully saturated rings. The van der Waals surface area contributed by atoms with Crippen molar-refractivity contribution in [3.05, 3.63) is 48.4 Å². The van der Waals surface area contributed by atoms with Gasteiger partial charge in [-0.25, -0.2) is 0 Å². The highest BCUT2D eigenvalue weighted by molar-refractivity contribution is 5.58. The van der Waals surface area contributed by atoms with Gasteiger partial charge < -0.3 is 5.73 Å². The molecule has 1 heterocycles. The van der Waals surface area contributed by atoms with Gasteiger partial charge >= 0.3 is 0 Å². The van der Waals surface area contributed by atoms with E-state index in [2.05, 4.69) is 29.0 Å². The van der Waals surface area contributed by atoms with Crippen LogP contribution in [0.2, 0.25) is 0 Å². The van der Waals surface area contributed by atoms with Crippen LogP contribution < -0.4 is 5.73 Å². The van der Waals surface area contributed by atoms with Gasteiger partial charge in [-0.1, -0.05) is 31.2 Å². The molecule has 1 aromatic heterocycles. The van der Waals surface area contributed by atoms with Crippen molar-refractivity contribution in [3.8, 4) is 11.3 Å². The van der Waals surface area contributed by atoms with Gasteiger partial charge in [-0.2, -0.15) is 0 Å². The summed E-state index contributed by atoms with van der Waals surface area (Å²) < 4.78 is 0. The number of hydrogen-bond donors (Lipinski definition) is 1. The molecule has 16 heavy (non-hydrogen) atoms. The van der Waals surface area contributed by atoms with E-state index in [-0.39, 0.29) is 6.04 Å². The third-order valence-corrected chi connectivity index (χ3v) is 2.64. The molecule has 0 amide bonds. The fraction of sp³-hybridized carbons (Fsp3) is 0.231. The number of aromatic nitrogens is 2. The van der Waals surface area contributed by atoms with Crippen LogP contribution in [-0.2, 0) is 0 Å². The molecule has 2 N–H and O–H groups in total. The zero-order valence-electron chi connectivity index (χ0n) is 9.30. The summed E-state index contributed by atoms with van der Waals surface area (Å²) in [6, 6.07) is 8.30. The molecule has 0 radical (unpaired) electrons. The smallest absolute Gasteiger partial charge is 0.0885 e.